The second-order valence-electron chi connectivity index (χ2n) is 7.38. The summed E-state index contributed by atoms with van der Waals surface area (Å²) in [5.74, 6) is -1.63. The molecular weight excluding hydrogens is 451 g/mol. The minimum Gasteiger partial charge on any atom is -0.463 e. The van der Waals surface area contributed by atoms with Crippen molar-refractivity contribution in [3.8, 4) is 5.75 Å². The van der Waals surface area contributed by atoms with Gasteiger partial charge in [-0.05, 0) is 49.5 Å². The molecule has 7 nitrogen and oxygen atoms in total. The second kappa shape index (κ2) is 9.47. The normalized spacial score (nSPS) is 17.4. The third-order valence-electron chi connectivity index (χ3n) is 5.14. The Kier molecular flexibility index (Phi) is 7.11. The topological polar surface area (TPSA) is 102 Å². The Balaban J connectivity index is 1.93. The smallest absolute Gasteiger partial charge is 0.463 e. The number of halogens is 3. The number of carbonyl (C=O) groups excluding carboxylic acids is 1. The lowest BCUT2D eigenvalue weighted by Crippen LogP contribution is -2.40. The van der Waals surface area contributed by atoms with Gasteiger partial charge in [0.2, 0.25) is 5.60 Å². The predicted molar refractivity (Wildman–Crippen MR) is 108 cm³/mol. The Morgan fingerprint density at radius 2 is 1.66 bits per heavy atom. The molecule has 1 unspecified atom stereocenters. The van der Waals surface area contributed by atoms with Gasteiger partial charge in [0.15, 0.2) is 0 Å². The minimum atomic E-state index is -5.93. The van der Waals surface area contributed by atoms with Crippen LogP contribution in [0.1, 0.15) is 24.0 Å². The van der Waals surface area contributed by atoms with Gasteiger partial charge in [0, 0.05) is 5.56 Å². The van der Waals surface area contributed by atoms with Crippen LogP contribution in [-0.4, -0.2) is 44.7 Å². The number of hydrogen-bond acceptors (Lipinski definition) is 7. The number of piperidine rings is 1. The number of nitrogens with one attached hydrogen (secondary N) is 1. The van der Waals surface area contributed by atoms with Crippen molar-refractivity contribution in [3.05, 3.63) is 65.7 Å². The molecule has 2 aromatic rings. The molecule has 1 aliphatic heterocycles. The van der Waals surface area contributed by atoms with Crippen LogP contribution in [0.25, 0.3) is 0 Å². The molecule has 174 valence electrons. The molecule has 1 heterocycles. The second-order valence-corrected chi connectivity index (χ2v) is 8.92. The summed E-state index contributed by atoms with van der Waals surface area (Å²) < 4.78 is 70.3. The molecule has 32 heavy (non-hydrogen) atoms. The number of ether oxygens (including phenoxy) is 1. The van der Waals surface area contributed by atoms with Crippen LogP contribution in [0.5, 0.6) is 5.75 Å². The maximum Gasteiger partial charge on any atom is 0.534 e. The van der Waals surface area contributed by atoms with Crippen molar-refractivity contribution in [2.45, 2.75) is 24.0 Å². The number of carbonyl (C=O) groups is 1. The average Bonchev–Trinajstić information content (AvgIpc) is 2.77. The van der Waals surface area contributed by atoms with Gasteiger partial charge in [0.25, 0.3) is 0 Å². The highest BCUT2D eigenvalue weighted by Gasteiger charge is 2.49. The highest BCUT2D eigenvalue weighted by molar-refractivity contribution is 7.88. The van der Waals surface area contributed by atoms with Crippen LogP contribution >= 0.6 is 0 Å². The van der Waals surface area contributed by atoms with E-state index in [9.17, 15) is 31.5 Å². The van der Waals surface area contributed by atoms with Gasteiger partial charge in [-0.15, -0.1) is 0 Å². The van der Waals surface area contributed by atoms with Gasteiger partial charge in [0.05, 0.1) is 6.61 Å². The quantitative estimate of drug-likeness (QED) is 0.362. The first-order chi connectivity index (χ1) is 15.0. The molecule has 0 amide bonds. The maximum absolute atomic E-state index is 13.0. The SMILES string of the molecule is O=C(OCC1CCNCC1)C(O)(c1ccccc1)c1cccc(OS(=O)(=O)C(F)(F)F)c1. The predicted octanol–water partition coefficient (Wildman–Crippen LogP) is 2.69. The van der Waals surface area contributed by atoms with Crippen LogP contribution in [0.3, 0.4) is 0 Å². The Morgan fingerprint density at radius 3 is 2.28 bits per heavy atom. The molecule has 11 heteroatoms. The highest BCUT2D eigenvalue weighted by atomic mass is 32.2. The van der Waals surface area contributed by atoms with Crippen LogP contribution in [0.4, 0.5) is 13.2 Å². The summed E-state index contributed by atoms with van der Waals surface area (Å²) in [5, 5.41) is 14.6. The van der Waals surface area contributed by atoms with Crippen molar-refractivity contribution in [1.29, 1.82) is 0 Å². The molecule has 2 aromatic carbocycles. The van der Waals surface area contributed by atoms with Gasteiger partial charge in [-0.2, -0.15) is 21.6 Å². The Morgan fingerprint density at radius 1 is 1.03 bits per heavy atom. The number of benzene rings is 2. The number of aliphatic hydroxyl groups is 1. The zero-order chi connectivity index (χ0) is 23.4. The first-order valence-electron chi connectivity index (χ1n) is 9.81. The molecular formula is C21H22F3NO6S. The van der Waals surface area contributed by atoms with E-state index >= 15 is 0 Å². The van der Waals surface area contributed by atoms with E-state index in [-0.39, 0.29) is 23.7 Å². The molecule has 0 bridgehead atoms. The van der Waals surface area contributed by atoms with E-state index in [4.69, 9.17) is 4.74 Å². The van der Waals surface area contributed by atoms with Gasteiger partial charge in [-0.25, -0.2) is 4.79 Å². The lowest BCUT2D eigenvalue weighted by Gasteiger charge is -2.29. The summed E-state index contributed by atoms with van der Waals surface area (Å²) in [6.07, 6.45) is 1.57. The average molecular weight is 473 g/mol. The van der Waals surface area contributed by atoms with Crippen molar-refractivity contribution in [2.75, 3.05) is 19.7 Å². The lowest BCUT2D eigenvalue weighted by molar-refractivity contribution is -0.163. The van der Waals surface area contributed by atoms with Crippen molar-refractivity contribution in [2.24, 2.45) is 5.92 Å². The number of rotatable bonds is 7. The minimum absolute atomic E-state index is 0.0638. The summed E-state index contributed by atoms with van der Waals surface area (Å²) in [5.41, 5.74) is -8.12. The van der Waals surface area contributed by atoms with E-state index in [0.717, 1.165) is 38.1 Å². The number of alkyl halides is 3. The van der Waals surface area contributed by atoms with E-state index in [2.05, 4.69) is 9.50 Å². The molecule has 1 atom stereocenters. The Labute approximate surface area is 183 Å². The van der Waals surface area contributed by atoms with E-state index < -0.39 is 32.9 Å². The van der Waals surface area contributed by atoms with Gasteiger partial charge in [-0.3, -0.25) is 0 Å². The van der Waals surface area contributed by atoms with Crippen LogP contribution in [0, 0.1) is 5.92 Å². The summed E-state index contributed by atoms with van der Waals surface area (Å²) in [4.78, 5) is 13.0. The van der Waals surface area contributed by atoms with E-state index in [1.54, 1.807) is 18.2 Å². The van der Waals surface area contributed by atoms with Crippen LogP contribution < -0.4 is 9.50 Å². The number of hydrogen-bond donors (Lipinski definition) is 2. The Bertz CT molecular complexity index is 1040. The first kappa shape index (κ1) is 24.0. The van der Waals surface area contributed by atoms with Crippen molar-refractivity contribution in [1.82, 2.24) is 5.32 Å². The molecule has 1 saturated heterocycles. The fourth-order valence-electron chi connectivity index (χ4n) is 3.37. The standard InChI is InChI=1S/C21H22F3NO6S/c22-21(23,24)32(28,29)31-18-8-4-7-17(13-18)20(27,16-5-2-1-3-6-16)19(26)30-14-15-9-11-25-12-10-15/h1-8,13,15,25,27H,9-12,14H2. The van der Waals surface area contributed by atoms with Crippen molar-refractivity contribution in [3.63, 3.8) is 0 Å². The molecule has 2 N–H and O–H groups in total. The van der Waals surface area contributed by atoms with E-state index in [0.29, 0.717) is 0 Å². The third-order valence-corrected chi connectivity index (χ3v) is 6.12. The molecule has 1 fully saturated rings. The molecule has 1 aliphatic rings. The van der Waals surface area contributed by atoms with Crippen LogP contribution in [0.2, 0.25) is 0 Å². The van der Waals surface area contributed by atoms with Crippen LogP contribution in [-0.2, 0) is 25.3 Å². The number of esters is 1. The van der Waals surface area contributed by atoms with Gasteiger partial charge in [0.1, 0.15) is 5.75 Å². The van der Waals surface area contributed by atoms with Gasteiger partial charge in [-0.1, -0.05) is 42.5 Å². The zero-order valence-electron chi connectivity index (χ0n) is 16.8. The molecule has 0 aromatic heterocycles. The summed E-state index contributed by atoms with van der Waals surface area (Å²) in [6, 6.07) is 12.0. The zero-order valence-corrected chi connectivity index (χ0v) is 17.7. The fraction of sp³-hybridized carbons (Fsp3) is 0.381. The summed E-state index contributed by atoms with van der Waals surface area (Å²) in [7, 11) is -5.93. The van der Waals surface area contributed by atoms with Crippen LogP contribution in [0.15, 0.2) is 54.6 Å². The van der Waals surface area contributed by atoms with Gasteiger partial charge >= 0.3 is 21.6 Å². The Hall–Kier alpha value is -2.63. The van der Waals surface area contributed by atoms with Crippen molar-refractivity contribution < 1.29 is 40.4 Å². The van der Waals surface area contributed by atoms with Gasteiger partial charge < -0.3 is 19.3 Å². The molecule has 0 saturated carbocycles. The molecule has 0 spiro atoms. The molecule has 0 radical (unpaired) electrons. The first-order valence-corrected chi connectivity index (χ1v) is 11.2. The third kappa shape index (κ3) is 5.22. The fourth-order valence-corrected chi connectivity index (χ4v) is 3.83. The highest BCUT2D eigenvalue weighted by Crippen LogP contribution is 2.35. The van der Waals surface area contributed by atoms with E-state index in [1.807, 2.05) is 0 Å². The maximum atomic E-state index is 13.0. The largest absolute Gasteiger partial charge is 0.534 e. The lowest BCUT2D eigenvalue weighted by atomic mass is 9.86. The molecule has 3 rings (SSSR count). The summed E-state index contributed by atoms with van der Waals surface area (Å²) in [6.45, 7) is 1.62. The van der Waals surface area contributed by atoms with Crippen molar-refractivity contribution >= 4 is 16.1 Å². The van der Waals surface area contributed by atoms with E-state index in [1.165, 1.54) is 24.3 Å². The molecule has 0 aliphatic carbocycles. The summed E-state index contributed by atoms with van der Waals surface area (Å²) >= 11 is 0. The monoisotopic (exact) mass is 473 g/mol.